The fraction of sp³-hybridized carbons (Fsp3) is 0.500. The van der Waals surface area contributed by atoms with Crippen LogP contribution in [0.2, 0.25) is 0 Å². The van der Waals surface area contributed by atoms with Crippen LogP contribution in [0.25, 0.3) is 0 Å². The van der Waals surface area contributed by atoms with Crippen LogP contribution < -0.4 is 0 Å². The lowest BCUT2D eigenvalue weighted by molar-refractivity contribution is -0.146. The summed E-state index contributed by atoms with van der Waals surface area (Å²) in [5.41, 5.74) is 2.43. The maximum Gasteiger partial charge on any atom is 0.332 e. The van der Waals surface area contributed by atoms with Gasteiger partial charge in [-0.25, -0.2) is 4.79 Å². The zero-order chi connectivity index (χ0) is 13.1. The van der Waals surface area contributed by atoms with Gasteiger partial charge >= 0.3 is 5.97 Å². The first-order valence-corrected chi connectivity index (χ1v) is 5.81. The molecule has 0 aliphatic heterocycles. The van der Waals surface area contributed by atoms with E-state index in [-0.39, 0.29) is 11.8 Å². The van der Waals surface area contributed by atoms with E-state index in [0.717, 1.165) is 5.56 Å². The quantitative estimate of drug-likeness (QED) is 0.843. The predicted molar refractivity (Wildman–Crippen MR) is 67.1 cm³/mol. The lowest BCUT2D eigenvalue weighted by Crippen LogP contribution is -2.19. The van der Waals surface area contributed by atoms with Crippen molar-refractivity contribution in [3.8, 4) is 0 Å². The molecule has 0 heterocycles. The second kappa shape index (κ2) is 5.32. The highest BCUT2D eigenvalue weighted by Crippen LogP contribution is 2.22. The summed E-state index contributed by atoms with van der Waals surface area (Å²) in [5.74, 6) is -1.16. The van der Waals surface area contributed by atoms with E-state index >= 15 is 0 Å². The maximum absolute atomic E-state index is 10.5. The van der Waals surface area contributed by atoms with Crippen molar-refractivity contribution < 1.29 is 15.0 Å². The molecule has 0 bridgehead atoms. The summed E-state index contributed by atoms with van der Waals surface area (Å²) in [6.07, 6.45) is -0.431. The molecular formula is C14H20O3. The summed E-state index contributed by atoms with van der Waals surface area (Å²) >= 11 is 0. The Bertz CT molecular complexity index is 373. The summed E-state index contributed by atoms with van der Waals surface area (Å²) in [6.45, 7) is 6.45. The smallest absolute Gasteiger partial charge is 0.332 e. The van der Waals surface area contributed by atoms with Gasteiger partial charge in [-0.3, -0.25) is 0 Å². The molecule has 0 unspecified atom stereocenters. The Morgan fingerprint density at radius 1 is 1.24 bits per heavy atom. The van der Waals surface area contributed by atoms with Crippen LogP contribution in [0.5, 0.6) is 0 Å². The summed E-state index contributed by atoms with van der Waals surface area (Å²) in [5, 5.41) is 17.7. The molecule has 2 N–H and O–H groups in total. The van der Waals surface area contributed by atoms with Crippen molar-refractivity contribution in [3.63, 3.8) is 0 Å². The Hall–Kier alpha value is -1.35. The summed E-state index contributed by atoms with van der Waals surface area (Å²) < 4.78 is 0. The molecule has 0 spiro atoms. The van der Waals surface area contributed by atoms with Crippen molar-refractivity contribution in [2.24, 2.45) is 0 Å². The minimum absolute atomic E-state index is 0.124. The molecule has 3 nitrogen and oxygen atoms in total. The minimum Gasteiger partial charge on any atom is -0.479 e. The number of aryl methyl sites for hydroxylation is 1. The van der Waals surface area contributed by atoms with Crippen molar-refractivity contribution in [3.05, 3.63) is 35.4 Å². The van der Waals surface area contributed by atoms with E-state index in [1.807, 2.05) is 12.1 Å². The number of carbonyl (C=O) groups is 1. The van der Waals surface area contributed by atoms with Gasteiger partial charge in [-0.2, -0.15) is 0 Å². The second-order valence-electron chi connectivity index (χ2n) is 5.34. The van der Waals surface area contributed by atoms with E-state index in [0.29, 0.717) is 6.42 Å². The number of aliphatic hydroxyl groups is 1. The van der Waals surface area contributed by atoms with Crippen LogP contribution >= 0.6 is 0 Å². The topological polar surface area (TPSA) is 57.5 Å². The number of aliphatic hydroxyl groups excluding tert-OH is 1. The van der Waals surface area contributed by atoms with Gasteiger partial charge in [0.1, 0.15) is 0 Å². The Kier molecular flexibility index (Phi) is 4.29. The van der Waals surface area contributed by atoms with Crippen molar-refractivity contribution in [2.45, 2.75) is 45.1 Å². The molecule has 0 amide bonds. The fourth-order valence-electron chi connectivity index (χ4n) is 1.60. The van der Waals surface area contributed by atoms with Crippen LogP contribution in [-0.2, 0) is 16.6 Å². The molecule has 0 saturated heterocycles. The monoisotopic (exact) mass is 236 g/mol. The number of carboxylic acids is 1. The Morgan fingerprint density at radius 3 is 2.18 bits per heavy atom. The molecular weight excluding hydrogens is 216 g/mol. The molecule has 1 rings (SSSR count). The fourth-order valence-corrected chi connectivity index (χ4v) is 1.60. The van der Waals surface area contributed by atoms with Crippen LogP contribution in [0.4, 0.5) is 0 Å². The molecule has 0 saturated carbocycles. The standard InChI is InChI=1S/C14H20O3/c1-14(2,3)11-7-4-10(5-8-11)6-9-12(15)13(16)17/h4-5,7-8,12,15H,6,9H2,1-3H3,(H,16,17)/t12-/m1/s1. The van der Waals surface area contributed by atoms with Crippen LogP contribution in [-0.4, -0.2) is 22.3 Å². The van der Waals surface area contributed by atoms with Gasteiger partial charge in [0.15, 0.2) is 6.10 Å². The van der Waals surface area contributed by atoms with Gasteiger partial charge in [-0.15, -0.1) is 0 Å². The third-order valence-electron chi connectivity index (χ3n) is 2.81. The van der Waals surface area contributed by atoms with Crippen molar-refractivity contribution in [1.82, 2.24) is 0 Å². The molecule has 1 aromatic carbocycles. The van der Waals surface area contributed by atoms with Crippen molar-refractivity contribution >= 4 is 5.97 Å². The average molecular weight is 236 g/mol. The van der Waals surface area contributed by atoms with Gasteiger partial charge in [0, 0.05) is 0 Å². The molecule has 1 aromatic rings. The third-order valence-corrected chi connectivity index (χ3v) is 2.81. The SMILES string of the molecule is CC(C)(C)c1ccc(CC[C@@H](O)C(=O)O)cc1. The minimum atomic E-state index is -1.27. The van der Waals surface area contributed by atoms with Crippen LogP contribution in [0, 0.1) is 0 Å². The first-order chi connectivity index (χ1) is 7.80. The van der Waals surface area contributed by atoms with Gasteiger partial charge in [0.2, 0.25) is 0 Å². The lowest BCUT2D eigenvalue weighted by atomic mass is 9.86. The van der Waals surface area contributed by atoms with Crippen LogP contribution in [0.3, 0.4) is 0 Å². The van der Waals surface area contributed by atoms with Crippen LogP contribution in [0.15, 0.2) is 24.3 Å². The van der Waals surface area contributed by atoms with Crippen LogP contribution in [0.1, 0.15) is 38.3 Å². The van der Waals surface area contributed by atoms with Gasteiger partial charge in [-0.1, -0.05) is 45.0 Å². The molecule has 94 valence electrons. The average Bonchev–Trinajstić information content (AvgIpc) is 2.25. The molecule has 0 aliphatic carbocycles. The Labute approximate surface area is 102 Å². The van der Waals surface area contributed by atoms with Crippen molar-refractivity contribution in [2.75, 3.05) is 0 Å². The van der Waals surface area contributed by atoms with Gasteiger partial charge in [-0.05, 0) is 29.4 Å². The number of hydrogen-bond acceptors (Lipinski definition) is 2. The summed E-state index contributed by atoms with van der Waals surface area (Å²) in [6, 6.07) is 8.11. The Balaban J connectivity index is 2.60. The number of hydrogen-bond donors (Lipinski definition) is 2. The highest BCUT2D eigenvalue weighted by atomic mass is 16.4. The zero-order valence-electron chi connectivity index (χ0n) is 10.6. The molecule has 0 aliphatic rings. The first kappa shape index (κ1) is 13.7. The molecule has 0 aromatic heterocycles. The zero-order valence-corrected chi connectivity index (χ0v) is 10.6. The largest absolute Gasteiger partial charge is 0.479 e. The summed E-state index contributed by atoms with van der Waals surface area (Å²) in [4.78, 5) is 10.5. The number of carboxylic acid groups (broad SMARTS) is 1. The number of rotatable bonds is 4. The lowest BCUT2D eigenvalue weighted by Gasteiger charge is -2.19. The molecule has 0 radical (unpaired) electrons. The highest BCUT2D eigenvalue weighted by Gasteiger charge is 2.14. The molecule has 17 heavy (non-hydrogen) atoms. The highest BCUT2D eigenvalue weighted by molar-refractivity contribution is 5.71. The van der Waals surface area contributed by atoms with E-state index in [1.54, 1.807) is 0 Å². The van der Waals surface area contributed by atoms with Gasteiger partial charge < -0.3 is 10.2 Å². The Morgan fingerprint density at radius 2 is 1.76 bits per heavy atom. The summed E-state index contributed by atoms with van der Waals surface area (Å²) in [7, 11) is 0. The van der Waals surface area contributed by atoms with E-state index in [1.165, 1.54) is 5.56 Å². The van der Waals surface area contributed by atoms with E-state index in [2.05, 4.69) is 32.9 Å². The van der Waals surface area contributed by atoms with E-state index in [4.69, 9.17) is 5.11 Å². The predicted octanol–water partition coefficient (Wildman–Crippen LogP) is 2.36. The third kappa shape index (κ3) is 4.19. The van der Waals surface area contributed by atoms with E-state index in [9.17, 15) is 9.90 Å². The second-order valence-corrected chi connectivity index (χ2v) is 5.34. The van der Waals surface area contributed by atoms with Gasteiger partial charge in [0.25, 0.3) is 0 Å². The normalized spacial score (nSPS) is 13.4. The maximum atomic E-state index is 10.5. The number of aliphatic carboxylic acids is 1. The van der Waals surface area contributed by atoms with Gasteiger partial charge in [0.05, 0.1) is 0 Å². The first-order valence-electron chi connectivity index (χ1n) is 5.81. The van der Waals surface area contributed by atoms with Crippen molar-refractivity contribution in [1.29, 1.82) is 0 Å². The molecule has 0 fully saturated rings. The molecule has 3 heteroatoms. The number of benzene rings is 1. The van der Waals surface area contributed by atoms with E-state index < -0.39 is 12.1 Å². The molecule has 1 atom stereocenters.